The molecule has 0 unspecified atom stereocenters. The number of hydrogen-bond acceptors (Lipinski definition) is 3. The Morgan fingerprint density at radius 2 is 2.00 bits per heavy atom. The van der Waals surface area contributed by atoms with E-state index in [1.165, 1.54) is 6.42 Å². The molecule has 1 heterocycles. The molecule has 1 aromatic rings. The van der Waals surface area contributed by atoms with Crippen LogP contribution in [0.1, 0.15) is 25.3 Å². The van der Waals surface area contributed by atoms with E-state index in [1.54, 1.807) is 0 Å². The van der Waals surface area contributed by atoms with E-state index < -0.39 is 0 Å². The minimum atomic E-state index is 0. The SMILES string of the molecule is CCNC(=NCCCCN1CCOCC1)N(C)Cc1ccccc1Cl.I. The molecular weight excluding hydrogens is 463 g/mol. The van der Waals surface area contributed by atoms with Crippen molar-refractivity contribution in [2.75, 3.05) is 53.0 Å². The van der Waals surface area contributed by atoms with E-state index in [0.29, 0.717) is 0 Å². The van der Waals surface area contributed by atoms with Gasteiger partial charge in [0.25, 0.3) is 0 Å². The summed E-state index contributed by atoms with van der Waals surface area (Å²) >= 11 is 6.27. The van der Waals surface area contributed by atoms with E-state index in [2.05, 4.69) is 35.2 Å². The highest BCUT2D eigenvalue weighted by Gasteiger charge is 2.10. The molecule has 1 N–H and O–H groups in total. The predicted octanol–water partition coefficient (Wildman–Crippen LogP) is 3.47. The first-order chi connectivity index (χ1) is 12.2. The van der Waals surface area contributed by atoms with Crippen LogP contribution in [0.4, 0.5) is 0 Å². The normalized spacial score (nSPS) is 15.4. The van der Waals surface area contributed by atoms with Crippen LogP contribution in [-0.4, -0.2) is 68.7 Å². The summed E-state index contributed by atoms with van der Waals surface area (Å²) in [7, 11) is 2.05. The highest BCUT2D eigenvalue weighted by Crippen LogP contribution is 2.16. The molecule has 7 heteroatoms. The molecule has 1 aliphatic heterocycles. The third-order valence-corrected chi connectivity index (χ3v) is 4.68. The van der Waals surface area contributed by atoms with Crippen LogP contribution in [0.2, 0.25) is 5.02 Å². The lowest BCUT2D eigenvalue weighted by atomic mass is 10.2. The van der Waals surface area contributed by atoms with Crippen molar-refractivity contribution >= 4 is 41.5 Å². The lowest BCUT2D eigenvalue weighted by Gasteiger charge is -2.26. The Morgan fingerprint density at radius 1 is 1.27 bits per heavy atom. The zero-order valence-electron chi connectivity index (χ0n) is 15.9. The summed E-state index contributed by atoms with van der Waals surface area (Å²) in [6.45, 7) is 9.56. The van der Waals surface area contributed by atoms with Crippen LogP contribution in [0.25, 0.3) is 0 Å². The Balaban J connectivity index is 0.00000338. The topological polar surface area (TPSA) is 40.1 Å². The summed E-state index contributed by atoms with van der Waals surface area (Å²) in [4.78, 5) is 9.37. The van der Waals surface area contributed by atoms with Gasteiger partial charge < -0.3 is 15.0 Å². The Kier molecular flexibility index (Phi) is 12.3. The van der Waals surface area contributed by atoms with Gasteiger partial charge in [0.1, 0.15) is 0 Å². The van der Waals surface area contributed by atoms with E-state index in [-0.39, 0.29) is 24.0 Å². The lowest BCUT2D eigenvalue weighted by molar-refractivity contribution is 0.0373. The van der Waals surface area contributed by atoms with Gasteiger partial charge in [-0.15, -0.1) is 24.0 Å². The molecule has 0 atom stereocenters. The summed E-state index contributed by atoms with van der Waals surface area (Å²) in [6.07, 6.45) is 2.28. The van der Waals surface area contributed by atoms with E-state index in [4.69, 9.17) is 21.3 Å². The maximum atomic E-state index is 6.27. The van der Waals surface area contributed by atoms with Crippen molar-refractivity contribution in [1.29, 1.82) is 0 Å². The Morgan fingerprint density at radius 3 is 2.69 bits per heavy atom. The molecule has 1 saturated heterocycles. The zero-order valence-corrected chi connectivity index (χ0v) is 19.0. The van der Waals surface area contributed by atoms with Gasteiger partial charge in [0.05, 0.1) is 13.2 Å². The second kappa shape index (κ2) is 13.6. The summed E-state index contributed by atoms with van der Waals surface area (Å²) in [5.41, 5.74) is 1.12. The largest absolute Gasteiger partial charge is 0.379 e. The van der Waals surface area contributed by atoms with Gasteiger partial charge >= 0.3 is 0 Å². The Labute approximate surface area is 180 Å². The van der Waals surface area contributed by atoms with Crippen molar-refractivity contribution < 1.29 is 4.74 Å². The number of ether oxygens (including phenoxy) is 1. The Hall–Kier alpha value is -0.570. The molecule has 0 amide bonds. The third kappa shape index (κ3) is 8.41. The first kappa shape index (κ1) is 23.5. The van der Waals surface area contributed by atoms with Crippen molar-refractivity contribution in [2.45, 2.75) is 26.3 Å². The van der Waals surface area contributed by atoms with Crippen molar-refractivity contribution in [3.8, 4) is 0 Å². The van der Waals surface area contributed by atoms with E-state index in [9.17, 15) is 0 Å². The van der Waals surface area contributed by atoms with Crippen molar-refractivity contribution in [3.63, 3.8) is 0 Å². The standard InChI is InChI=1S/C19H31ClN4O.HI/c1-3-21-19(23(2)16-17-8-4-5-9-18(17)20)22-10-6-7-11-24-12-14-25-15-13-24;/h4-5,8-9H,3,6-7,10-16H2,1-2H3,(H,21,22);1H. The first-order valence-corrected chi connectivity index (χ1v) is 9.61. The summed E-state index contributed by atoms with van der Waals surface area (Å²) < 4.78 is 5.38. The molecule has 1 aliphatic rings. The molecule has 5 nitrogen and oxygen atoms in total. The van der Waals surface area contributed by atoms with Crippen molar-refractivity contribution in [1.82, 2.24) is 15.1 Å². The fourth-order valence-electron chi connectivity index (χ4n) is 2.88. The number of benzene rings is 1. The molecule has 148 valence electrons. The number of aliphatic imine (C=N–C) groups is 1. The summed E-state index contributed by atoms with van der Waals surface area (Å²) in [6, 6.07) is 7.97. The minimum Gasteiger partial charge on any atom is -0.379 e. The van der Waals surface area contributed by atoms with E-state index in [0.717, 1.165) is 75.4 Å². The second-order valence-corrected chi connectivity index (χ2v) is 6.75. The average Bonchev–Trinajstić information content (AvgIpc) is 2.63. The van der Waals surface area contributed by atoms with Gasteiger partial charge in [0.2, 0.25) is 0 Å². The van der Waals surface area contributed by atoms with Gasteiger partial charge in [-0.3, -0.25) is 9.89 Å². The predicted molar refractivity (Wildman–Crippen MR) is 121 cm³/mol. The molecule has 2 rings (SSSR count). The van der Waals surface area contributed by atoms with Gasteiger partial charge in [-0.1, -0.05) is 29.8 Å². The van der Waals surface area contributed by atoms with Gasteiger partial charge in [0.15, 0.2) is 5.96 Å². The number of morpholine rings is 1. The minimum absolute atomic E-state index is 0. The molecule has 1 fully saturated rings. The maximum Gasteiger partial charge on any atom is 0.193 e. The molecule has 0 radical (unpaired) electrons. The Bertz CT molecular complexity index is 538. The molecule has 0 bridgehead atoms. The van der Waals surface area contributed by atoms with Crippen LogP contribution >= 0.6 is 35.6 Å². The second-order valence-electron chi connectivity index (χ2n) is 6.34. The zero-order chi connectivity index (χ0) is 17.9. The third-order valence-electron chi connectivity index (χ3n) is 4.31. The molecule has 26 heavy (non-hydrogen) atoms. The van der Waals surface area contributed by atoms with Crippen LogP contribution in [-0.2, 0) is 11.3 Å². The molecule has 0 aromatic heterocycles. The monoisotopic (exact) mass is 494 g/mol. The van der Waals surface area contributed by atoms with Gasteiger partial charge in [0, 0.05) is 44.8 Å². The van der Waals surface area contributed by atoms with Crippen molar-refractivity contribution in [3.05, 3.63) is 34.9 Å². The number of unbranched alkanes of at least 4 members (excludes halogenated alkanes) is 1. The van der Waals surface area contributed by atoms with Crippen molar-refractivity contribution in [2.24, 2.45) is 4.99 Å². The molecule has 0 spiro atoms. The molecule has 1 aromatic carbocycles. The van der Waals surface area contributed by atoms with Gasteiger partial charge in [-0.25, -0.2) is 0 Å². The highest BCUT2D eigenvalue weighted by molar-refractivity contribution is 14.0. The quantitative estimate of drug-likeness (QED) is 0.260. The molecule has 0 saturated carbocycles. The van der Waals surface area contributed by atoms with E-state index >= 15 is 0 Å². The van der Waals surface area contributed by atoms with Crippen LogP contribution in [0.5, 0.6) is 0 Å². The highest BCUT2D eigenvalue weighted by atomic mass is 127. The van der Waals surface area contributed by atoms with Crippen LogP contribution in [0.3, 0.4) is 0 Å². The number of guanidine groups is 1. The van der Waals surface area contributed by atoms with Crippen LogP contribution < -0.4 is 5.32 Å². The van der Waals surface area contributed by atoms with Crippen LogP contribution in [0.15, 0.2) is 29.3 Å². The first-order valence-electron chi connectivity index (χ1n) is 9.23. The summed E-state index contributed by atoms with van der Waals surface area (Å²) in [5, 5.41) is 4.17. The van der Waals surface area contributed by atoms with Gasteiger partial charge in [-0.2, -0.15) is 0 Å². The summed E-state index contributed by atoms with van der Waals surface area (Å²) in [5.74, 6) is 0.939. The maximum absolute atomic E-state index is 6.27. The number of halogens is 2. The molecule has 0 aliphatic carbocycles. The fraction of sp³-hybridized carbons (Fsp3) is 0.632. The van der Waals surface area contributed by atoms with E-state index in [1.807, 2.05) is 18.2 Å². The smallest absolute Gasteiger partial charge is 0.193 e. The van der Waals surface area contributed by atoms with Gasteiger partial charge in [-0.05, 0) is 37.9 Å². The number of nitrogens with zero attached hydrogens (tertiary/aromatic N) is 3. The van der Waals surface area contributed by atoms with Crippen LogP contribution in [0, 0.1) is 0 Å². The number of hydrogen-bond donors (Lipinski definition) is 1. The lowest BCUT2D eigenvalue weighted by Crippen LogP contribution is -2.38. The number of nitrogens with one attached hydrogen (secondary N) is 1. The number of rotatable bonds is 8. The average molecular weight is 495 g/mol. The fourth-order valence-corrected chi connectivity index (χ4v) is 3.08. The molecular formula is C19H32ClIN4O.